The second-order valence-corrected chi connectivity index (χ2v) is 27.5. The molecule has 0 aromatic heterocycles. The van der Waals surface area contributed by atoms with Gasteiger partial charge in [-0.2, -0.15) is 0 Å². The maximum Gasteiger partial charge on any atom is 0.311 e. The number of ketones is 1. The van der Waals surface area contributed by atoms with Crippen LogP contribution >= 0.6 is 0 Å². The molecular weight excluding hydrogens is 1050 g/mol. The van der Waals surface area contributed by atoms with Crippen LogP contribution in [-0.4, -0.2) is 212 Å². The summed E-state index contributed by atoms with van der Waals surface area (Å²) in [6.45, 7) is 23.1. The number of aliphatic hydroxyl groups excluding tert-OH is 4. The van der Waals surface area contributed by atoms with E-state index >= 15 is 4.39 Å². The van der Waals surface area contributed by atoms with Gasteiger partial charge in [0.25, 0.3) is 5.91 Å². The van der Waals surface area contributed by atoms with Gasteiger partial charge in [-0.15, -0.1) is 0 Å². The van der Waals surface area contributed by atoms with E-state index in [9.17, 15) is 50.1 Å². The van der Waals surface area contributed by atoms with Crippen molar-refractivity contribution < 1.29 is 82.9 Å². The summed E-state index contributed by atoms with van der Waals surface area (Å²) in [5, 5.41) is 88.4. The van der Waals surface area contributed by atoms with Crippen LogP contribution in [0, 0.1) is 46.3 Å². The van der Waals surface area contributed by atoms with Gasteiger partial charge in [0.2, 0.25) is 0 Å². The Hall–Kier alpha value is -2.54. The molecule has 3 saturated carbocycles. The minimum atomic E-state index is -2.13. The number of hydrogen-bond acceptors (Lipinski definition) is 18. The summed E-state index contributed by atoms with van der Waals surface area (Å²) in [6, 6.07) is -1.17. The van der Waals surface area contributed by atoms with Crippen LogP contribution in [0.5, 0.6) is 0 Å². The molecule has 0 spiro atoms. The minimum absolute atomic E-state index is 0.0643. The number of allylic oxidation sites excluding steroid dienone is 4. The van der Waals surface area contributed by atoms with E-state index in [1.807, 2.05) is 37.7 Å². The molecule has 7 rings (SSSR count). The third-order valence-electron chi connectivity index (χ3n) is 21.5. The van der Waals surface area contributed by atoms with Crippen molar-refractivity contribution in [1.82, 2.24) is 15.1 Å². The number of halogens is 1. The van der Waals surface area contributed by atoms with Gasteiger partial charge in [0.05, 0.1) is 47.6 Å². The van der Waals surface area contributed by atoms with Crippen molar-refractivity contribution in [3.63, 3.8) is 0 Å². The van der Waals surface area contributed by atoms with Gasteiger partial charge in [0.15, 0.2) is 29.6 Å². The molecule has 6 fully saturated rings. The van der Waals surface area contributed by atoms with Gasteiger partial charge in [-0.3, -0.25) is 19.3 Å². The van der Waals surface area contributed by atoms with Crippen LogP contribution in [0.25, 0.3) is 0 Å². The molecule has 0 aromatic rings. The summed E-state index contributed by atoms with van der Waals surface area (Å²) in [6.07, 6.45) is -5.63. The second-order valence-electron chi connectivity index (χ2n) is 27.5. The lowest BCUT2D eigenvalue weighted by Gasteiger charge is -2.62. The van der Waals surface area contributed by atoms with Crippen molar-refractivity contribution in [3.05, 3.63) is 23.8 Å². The summed E-state index contributed by atoms with van der Waals surface area (Å²) in [5.74, 6) is -5.72. The highest BCUT2D eigenvalue weighted by Crippen LogP contribution is 2.70. The Morgan fingerprint density at radius 2 is 1.57 bits per heavy atom. The van der Waals surface area contributed by atoms with Crippen LogP contribution in [0.4, 0.5) is 4.39 Å². The molecule has 3 aliphatic heterocycles. The Balaban J connectivity index is 1.16. The highest BCUT2D eigenvalue weighted by atomic mass is 19.1. The summed E-state index contributed by atoms with van der Waals surface area (Å²) < 4.78 is 56.2. The molecule has 1 amide bonds. The van der Waals surface area contributed by atoms with Gasteiger partial charge in [-0.1, -0.05) is 46.3 Å². The molecule has 0 aromatic carbocycles. The zero-order valence-corrected chi connectivity index (χ0v) is 51.3. The van der Waals surface area contributed by atoms with Gasteiger partial charge in [-0.25, -0.2) is 4.39 Å². The molecule has 19 nitrogen and oxygen atoms in total. The summed E-state index contributed by atoms with van der Waals surface area (Å²) in [5.41, 5.74) is -10.7. The number of ether oxygens (including phenoxy) is 6. The van der Waals surface area contributed by atoms with E-state index in [0.717, 1.165) is 0 Å². The lowest BCUT2D eigenvalue weighted by atomic mass is 9.44. The minimum Gasteiger partial charge on any atom is -0.459 e. The molecular formula is C61H102FN3O16. The molecule has 26 atom stereocenters. The zero-order valence-electron chi connectivity index (χ0n) is 51.3. The monoisotopic (exact) mass is 1150 g/mol. The van der Waals surface area contributed by atoms with Crippen molar-refractivity contribution in [2.75, 3.05) is 40.8 Å². The topological polar surface area (TPSA) is 267 Å². The molecule has 2 unspecified atom stereocenters. The van der Waals surface area contributed by atoms with Crippen LogP contribution in [0.3, 0.4) is 0 Å². The van der Waals surface area contributed by atoms with Crippen LogP contribution in [-0.2, 0) is 42.8 Å². The molecule has 7 aliphatic rings. The standard InChI is InChI=1S/C61H102FN3O16/c1-17-45-59(13,74)49(69)37(7)65(24-18-23-63-54(72)61(75)33(3)25-42-41-20-19-39-27-40(66)21-22-55(39,9)60(41,62)44(67)29-56(42,61)10)31-32(2)28-57(11,73)51(81-53-47(68)43(64(14)15)26-34(4)77-53)35(5)48(36(6)52(71)79-45)80-46-30-58(12,76-16)50(70)38(8)78-46/h21-22,27,32-38,41-51,53,67-70,73-75H,17-20,23-26,28-31H2,1-16H3,(H,63,72)/t32-,33-,34-,35+,36-,37-,38+,41?,42?,43+,44+,45-,46+,47-,48+,49-,50+,51-,53+,55+,56+,57-,58-,59-,60+,61+/m1/s1. The van der Waals surface area contributed by atoms with Gasteiger partial charge in [0, 0.05) is 67.9 Å². The molecule has 4 aliphatic carbocycles. The van der Waals surface area contributed by atoms with Crippen molar-refractivity contribution in [2.45, 2.75) is 255 Å². The largest absolute Gasteiger partial charge is 0.459 e. The smallest absolute Gasteiger partial charge is 0.311 e. The van der Waals surface area contributed by atoms with Crippen LogP contribution < -0.4 is 5.32 Å². The fourth-order valence-electron chi connectivity index (χ4n) is 16.5. The van der Waals surface area contributed by atoms with E-state index in [1.54, 1.807) is 75.3 Å². The number of nitrogens with zero attached hydrogens (tertiary/aromatic N) is 2. The first-order chi connectivity index (χ1) is 37.5. The van der Waals surface area contributed by atoms with E-state index in [2.05, 4.69) is 5.32 Å². The molecule has 8 N–H and O–H groups in total. The quantitative estimate of drug-likeness (QED) is 0.101. The normalized spacial score (nSPS) is 50.3. The third-order valence-corrected chi connectivity index (χ3v) is 21.5. The van der Waals surface area contributed by atoms with E-state index in [1.165, 1.54) is 26.2 Å². The SMILES string of the molecule is CC[C@H]1OC(=O)[C@H](C)[C@@H](O[C@H]2C[C@@](C)(OC)[C@@H](O)[C@H](C)O2)[C@H](C)[C@@H](O[C@@H]2O[C@H](C)C[C@H](N(C)C)[C@H]2O)[C@](C)(O)C[C@@H](C)CN(CCCNC(=O)[C@@]2(O)[C@H](C)CC3C4CCC5=CC(=O)C=C[C@]5(C)[C@@]4(F)[C@@H](O)C[C@@]32C)[C@H](C)[C@@H](O)[C@]1(C)O. The Morgan fingerprint density at radius 3 is 2.20 bits per heavy atom. The van der Waals surface area contributed by atoms with E-state index in [0.29, 0.717) is 37.7 Å². The van der Waals surface area contributed by atoms with Gasteiger partial charge in [0.1, 0.15) is 30.0 Å². The van der Waals surface area contributed by atoms with E-state index in [-0.39, 0.29) is 69.2 Å². The van der Waals surface area contributed by atoms with Gasteiger partial charge < -0.3 is 74.4 Å². The maximum atomic E-state index is 17.9. The second kappa shape index (κ2) is 24.3. The number of esters is 1. The van der Waals surface area contributed by atoms with E-state index < -0.39 is 148 Å². The highest BCUT2D eigenvalue weighted by molar-refractivity contribution is 6.01. The predicted molar refractivity (Wildman–Crippen MR) is 299 cm³/mol. The Labute approximate surface area is 480 Å². The number of likely N-dealkylation sites (N-methyl/N-ethyl adjacent to an activating group) is 1. The molecule has 0 bridgehead atoms. The Kier molecular flexibility index (Phi) is 19.8. The fourth-order valence-corrected chi connectivity index (χ4v) is 16.5. The van der Waals surface area contributed by atoms with Crippen molar-refractivity contribution in [1.29, 1.82) is 0 Å². The highest BCUT2D eigenvalue weighted by Gasteiger charge is 2.76. The lowest BCUT2D eigenvalue weighted by molar-refractivity contribution is -0.318. The number of carbonyl (C=O) groups is 3. The van der Waals surface area contributed by atoms with Gasteiger partial charge in [-0.05, 0) is 151 Å². The average Bonchev–Trinajstić information content (AvgIpc) is 2.79. The fraction of sp³-hybridized carbons (Fsp3) is 0.885. The molecule has 81 heavy (non-hydrogen) atoms. The number of amides is 1. The number of hydrogen-bond donors (Lipinski definition) is 8. The van der Waals surface area contributed by atoms with Crippen LogP contribution in [0.15, 0.2) is 23.8 Å². The Bertz CT molecular complexity index is 2310. The lowest BCUT2D eigenvalue weighted by Crippen LogP contribution is -2.70. The summed E-state index contributed by atoms with van der Waals surface area (Å²) in [7, 11) is 5.20. The van der Waals surface area contributed by atoms with Crippen LogP contribution in [0.2, 0.25) is 0 Å². The maximum absolute atomic E-state index is 17.9. The van der Waals surface area contributed by atoms with Crippen molar-refractivity contribution in [2.24, 2.45) is 46.3 Å². The average molecular weight is 1150 g/mol. The summed E-state index contributed by atoms with van der Waals surface area (Å²) in [4.78, 5) is 45.6. The third kappa shape index (κ3) is 11.8. The van der Waals surface area contributed by atoms with Gasteiger partial charge >= 0.3 is 5.97 Å². The predicted octanol–water partition coefficient (Wildman–Crippen LogP) is 4.13. The first-order valence-electron chi connectivity index (χ1n) is 30.1. The summed E-state index contributed by atoms with van der Waals surface area (Å²) >= 11 is 0. The number of fused-ring (bicyclic) bond motifs is 5. The van der Waals surface area contributed by atoms with Crippen molar-refractivity contribution in [3.8, 4) is 0 Å². The number of rotatable bonds is 12. The number of carbonyl (C=O) groups excluding carboxylic acids is 3. The first kappa shape index (κ1) is 66.0. The van der Waals surface area contributed by atoms with Crippen LogP contribution in [0.1, 0.15) is 148 Å². The first-order valence-corrected chi connectivity index (χ1v) is 30.1. The number of nitrogens with one attached hydrogen (secondary N) is 1. The number of cyclic esters (lactones) is 1. The number of aliphatic hydroxyl groups is 7. The zero-order chi connectivity index (χ0) is 60.5. The number of methoxy groups -OCH3 is 1. The van der Waals surface area contributed by atoms with E-state index in [4.69, 9.17) is 28.4 Å². The Morgan fingerprint density at radius 1 is 0.901 bits per heavy atom. The molecule has 3 heterocycles. The molecule has 464 valence electrons. The molecule has 3 saturated heterocycles. The molecule has 0 radical (unpaired) electrons. The molecule has 20 heteroatoms. The number of alkyl halides is 1. The van der Waals surface area contributed by atoms with Crippen molar-refractivity contribution >= 4 is 17.7 Å².